The van der Waals surface area contributed by atoms with E-state index >= 15 is 0 Å². The van der Waals surface area contributed by atoms with Crippen LogP contribution >= 0.6 is 0 Å². The second-order valence-electron chi connectivity index (χ2n) is 6.55. The molecule has 3 atom stereocenters. The van der Waals surface area contributed by atoms with Gasteiger partial charge in [-0.3, -0.25) is 4.57 Å². The predicted octanol–water partition coefficient (Wildman–Crippen LogP) is 1.81. The minimum absolute atomic E-state index is 0.00585. The minimum atomic E-state index is -0.777. The van der Waals surface area contributed by atoms with Gasteiger partial charge in [-0.05, 0) is 24.6 Å². The van der Waals surface area contributed by atoms with Crippen LogP contribution in [0.15, 0.2) is 18.2 Å². The number of nitrogens with zero attached hydrogens (tertiary/aromatic N) is 1. The van der Waals surface area contributed by atoms with E-state index in [1.165, 1.54) is 4.57 Å². The van der Waals surface area contributed by atoms with Crippen molar-refractivity contribution in [3.63, 3.8) is 0 Å². The van der Waals surface area contributed by atoms with Crippen molar-refractivity contribution in [1.29, 1.82) is 0 Å². The molecule has 25 heavy (non-hydrogen) atoms. The van der Waals surface area contributed by atoms with E-state index in [2.05, 4.69) is 5.32 Å². The maximum Gasteiger partial charge on any atom is 0.199 e. The lowest BCUT2D eigenvalue weighted by Gasteiger charge is -2.35. The molecule has 2 aliphatic rings. The van der Waals surface area contributed by atoms with Crippen molar-refractivity contribution < 1.29 is 23.7 Å². The monoisotopic (exact) mass is 351 g/mol. The van der Waals surface area contributed by atoms with Gasteiger partial charge in [-0.1, -0.05) is 0 Å². The third-order valence-corrected chi connectivity index (χ3v) is 5.00. The van der Waals surface area contributed by atoms with Gasteiger partial charge in [-0.2, -0.15) is 0 Å². The Morgan fingerprint density at radius 2 is 1.84 bits per heavy atom. The summed E-state index contributed by atoms with van der Waals surface area (Å²) in [6.07, 6.45) is -0.428. The largest absolute Gasteiger partial charge is 0.494 e. The summed E-state index contributed by atoms with van der Waals surface area (Å²) >= 11 is 0. The van der Waals surface area contributed by atoms with Gasteiger partial charge in [0.15, 0.2) is 11.8 Å². The second kappa shape index (κ2) is 5.98. The van der Waals surface area contributed by atoms with E-state index < -0.39 is 23.8 Å². The third kappa shape index (κ3) is 2.57. The van der Waals surface area contributed by atoms with Crippen LogP contribution in [0.25, 0.3) is 0 Å². The van der Waals surface area contributed by atoms with Crippen molar-refractivity contribution in [2.75, 3.05) is 6.61 Å². The minimum Gasteiger partial charge on any atom is -0.494 e. The lowest BCUT2D eigenvalue weighted by molar-refractivity contribution is -0.0315. The summed E-state index contributed by atoms with van der Waals surface area (Å²) < 4.78 is 34.5. The lowest BCUT2D eigenvalue weighted by atomic mass is 9.94. The topological polar surface area (TPSA) is 92.7 Å². The van der Waals surface area contributed by atoms with Crippen molar-refractivity contribution in [2.24, 2.45) is 5.73 Å². The molecular formula is C17H19F2N3O3. The van der Waals surface area contributed by atoms with E-state index in [1.54, 1.807) is 0 Å². The molecule has 134 valence electrons. The second-order valence-corrected chi connectivity index (χ2v) is 6.55. The quantitative estimate of drug-likeness (QED) is 0.662. The first-order chi connectivity index (χ1) is 12.0. The number of aromatic hydroxyl groups is 2. The molecule has 1 aromatic heterocycles. The molecule has 4 rings (SSSR count). The molecular weight excluding hydrogens is 332 g/mol. The zero-order chi connectivity index (χ0) is 17.7. The summed E-state index contributed by atoms with van der Waals surface area (Å²) in [5.41, 5.74) is 7.57. The van der Waals surface area contributed by atoms with Crippen molar-refractivity contribution in [2.45, 2.75) is 37.7 Å². The number of rotatable bonds is 2. The molecule has 3 heterocycles. The van der Waals surface area contributed by atoms with Crippen LogP contribution in [0.2, 0.25) is 0 Å². The Hall–Kier alpha value is -2.16. The zero-order valence-electron chi connectivity index (χ0n) is 13.4. The molecule has 0 spiro atoms. The van der Waals surface area contributed by atoms with E-state index in [-0.39, 0.29) is 30.0 Å². The summed E-state index contributed by atoms with van der Waals surface area (Å²) in [6.45, 7) is 1.09. The standard InChI is InChI=1S/C17H19F2N3O3/c18-8-1-2-13(19)10(3-8)15-14(20)4-9(7-25-15)22-16(23)11-5-21-6-12(11)17(22)24/h1-3,9,14-15,21,23-24H,4-7,20H2/t9-,14+,15-/m1/s1. The van der Waals surface area contributed by atoms with E-state index in [0.29, 0.717) is 30.6 Å². The summed E-state index contributed by atoms with van der Waals surface area (Å²) in [5, 5.41) is 23.8. The lowest BCUT2D eigenvalue weighted by Crippen LogP contribution is -2.40. The molecule has 0 bridgehead atoms. The summed E-state index contributed by atoms with van der Waals surface area (Å²) in [5.74, 6) is -1.14. The Labute approximate surface area is 142 Å². The van der Waals surface area contributed by atoms with Gasteiger partial charge in [0.05, 0.1) is 12.6 Å². The molecule has 6 nitrogen and oxygen atoms in total. The van der Waals surface area contributed by atoms with Crippen LogP contribution in [0.4, 0.5) is 8.78 Å². The van der Waals surface area contributed by atoms with E-state index in [9.17, 15) is 19.0 Å². The molecule has 8 heteroatoms. The first-order valence-electron chi connectivity index (χ1n) is 8.14. The Morgan fingerprint density at radius 1 is 1.16 bits per heavy atom. The molecule has 1 aromatic carbocycles. The summed E-state index contributed by atoms with van der Waals surface area (Å²) in [6, 6.07) is 2.19. The SMILES string of the molecule is N[C@H]1C[C@@H](n2c(O)c3c(c2O)CNC3)CO[C@@H]1c1cc(F)ccc1F. The van der Waals surface area contributed by atoms with Gasteiger partial charge < -0.3 is 26.0 Å². The number of ether oxygens (including phenoxy) is 1. The van der Waals surface area contributed by atoms with Crippen LogP contribution in [0.3, 0.4) is 0 Å². The van der Waals surface area contributed by atoms with Crippen molar-refractivity contribution >= 4 is 0 Å². The fraction of sp³-hybridized carbons (Fsp3) is 0.412. The maximum atomic E-state index is 14.0. The van der Waals surface area contributed by atoms with Gasteiger partial charge in [-0.25, -0.2) is 8.78 Å². The number of nitrogens with one attached hydrogen (secondary N) is 1. The normalized spacial score (nSPS) is 26.0. The number of aromatic nitrogens is 1. The average Bonchev–Trinajstić information content (AvgIpc) is 3.14. The van der Waals surface area contributed by atoms with E-state index in [4.69, 9.17) is 10.5 Å². The van der Waals surface area contributed by atoms with Gasteiger partial charge in [0.2, 0.25) is 0 Å². The highest BCUT2D eigenvalue weighted by Crippen LogP contribution is 2.43. The van der Waals surface area contributed by atoms with E-state index in [0.717, 1.165) is 18.2 Å². The highest BCUT2D eigenvalue weighted by atomic mass is 19.1. The molecule has 1 fully saturated rings. The van der Waals surface area contributed by atoms with Gasteiger partial charge in [0.1, 0.15) is 17.7 Å². The van der Waals surface area contributed by atoms with Gasteiger partial charge in [-0.15, -0.1) is 0 Å². The van der Waals surface area contributed by atoms with Crippen molar-refractivity contribution in [3.8, 4) is 11.8 Å². The molecule has 2 aliphatic heterocycles. The highest BCUT2D eigenvalue weighted by Gasteiger charge is 2.36. The molecule has 5 N–H and O–H groups in total. The van der Waals surface area contributed by atoms with Crippen LogP contribution < -0.4 is 11.1 Å². The van der Waals surface area contributed by atoms with Crippen LogP contribution in [0.1, 0.15) is 35.3 Å². The van der Waals surface area contributed by atoms with Gasteiger partial charge in [0, 0.05) is 35.8 Å². The number of hydrogen-bond donors (Lipinski definition) is 4. The Bertz CT molecular complexity index is 796. The van der Waals surface area contributed by atoms with Crippen LogP contribution in [0, 0.1) is 11.6 Å². The average molecular weight is 351 g/mol. The predicted molar refractivity (Wildman–Crippen MR) is 85.0 cm³/mol. The zero-order valence-corrected chi connectivity index (χ0v) is 13.4. The molecule has 0 aliphatic carbocycles. The molecule has 1 saturated heterocycles. The van der Waals surface area contributed by atoms with Crippen LogP contribution in [0.5, 0.6) is 11.8 Å². The number of fused-ring (bicyclic) bond motifs is 1. The highest BCUT2D eigenvalue weighted by molar-refractivity contribution is 5.48. The number of halogens is 2. The molecule has 2 aromatic rings. The Balaban J connectivity index is 1.59. The maximum absolute atomic E-state index is 14.0. The first-order valence-corrected chi connectivity index (χ1v) is 8.14. The fourth-order valence-electron chi connectivity index (χ4n) is 3.77. The fourth-order valence-corrected chi connectivity index (χ4v) is 3.77. The van der Waals surface area contributed by atoms with Crippen LogP contribution in [-0.4, -0.2) is 27.4 Å². The smallest absolute Gasteiger partial charge is 0.199 e. The van der Waals surface area contributed by atoms with Crippen molar-refractivity contribution in [3.05, 3.63) is 46.5 Å². The summed E-state index contributed by atoms with van der Waals surface area (Å²) in [4.78, 5) is 0. The van der Waals surface area contributed by atoms with Crippen LogP contribution in [-0.2, 0) is 17.8 Å². The van der Waals surface area contributed by atoms with Gasteiger partial charge in [0.25, 0.3) is 0 Å². The molecule has 0 radical (unpaired) electrons. The molecule has 0 saturated carbocycles. The number of nitrogens with two attached hydrogens (primary N) is 1. The summed E-state index contributed by atoms with van der Waals surface area (Å²) in [7, 11) is 0. The Kier molecular flexibility index (Phi) is 3.90. The van der Waals surface area contributed by atoms with Crippen molar-refractivity contribution in [1.82, 2.24) is 9.88 Å². The Morgan fingerprint density at radius 3 is 2.48 bits per heavy atom. The molecule has 0 amide bonds. The number of hydrogen-bond acceptors (Lipinski definition) is 5. The first kappa shape index (κ1) is 16.3. The van der Waals surface area contributed by atoms with Gasteiger partial charge >= 0.3 is 0 Å². The van der Waals surface area contributed by atoms with E-state index in [1.807, 2.05) is 0 Å². The third-order valence-electron chi connectivity index (χ3n) is 5.00. The number of benzene rings is 1. The molecule has 0 unspecified atom stereocenters.